The zero-order chi connectivity index (χ0) is 24.0. The number of sulfone groups is 1. The Balaban J connectivity index is 1.65. The highest BCUT2D eigenvalue weighted by Crippen LogP contribution is 2.30. The first-order valence-corrected chi connectivity index (χ1v) is 13.4. The normalized spacial score (nSPS) is 16.3. The van der Waals surface area contributed by atoms with Crippen LogP contribution in [0.3, 0.4) is 0 Å². The Kier molecular flexibility index (Phi) is 5.88. The van der Waals surface area contributed by atoms with Gasteiger partial charge in [0.25, 0.3) is 0 Å². The molecule has 33 heavy (non-hydrogen) atoms. The number of hydrogen-bond donors (Lipinski definition) is 1. The lowest BCUT2D eigenvalue weighted by molar-refractivity contribution is -0.137. The molecule has 1 fully saturated rings. The topological polar surface area (TPSA) is 149 Å². The van der Waals surface area contributed by atoms with Crippen molar-refractivity contribution in [3.8, 4) is 0 Å². The molecular weight excluding hydrogens is 472 g/mol. The average molecular weight is 495 g/mol. The molecule has 0 saturated carbocycles. The quantitative estimate of drug-likeness (QED) is 0.527. The lowest BCUT2D eigenvalue weighted by Crippen LogP contribution is -2.41. The van der Waals surface area contributed by atoms with Gasteiger partial charge in [-0.05, 0) is 31.0 Å². The van der Waals surface area contributed by atoms with E-state index in [9.17, 15) is 31.5 Å². The Morgan fingerprint density at radius 2 is 1.70 bits per heavy atom. The number of aromatic nitrogens is 3. The first-order chi connectivity index (χ1) is 15.5. The van der Waals surface area contributed by atoms with Crippen LogP contribution in [0, 0.1) is 0 Å². The third-order valence-corrected chi connectivity index (χ3v) is 8.95. The van der Waals surface area contributed by atoms with Crippen molar-refractivity contribution >= 4 is 36.9 Å². The molecule has 1 aromatic carbocycles. The average Bonchev–Trinajstić information content (AvgIpc) is 3.04. The van der Waals surface area contributed by atoms with Gasteiger partial charge in [0.15, 0.2) is 9.84 Å². The summed E-state index contributed by atoms with van der Waals surface area (Å²) in [5.74, 6) is -1.16. The first-order valence-electron chi connectivity index (χ1n) is 10.1. The Bertz CT molecular complexity index is 1500. The monoisotopic (exact) mass is 494 g/mol. The fourth-order valence-electron chi connectivity index (χ4n) is 4.22. The van der Waals surface area contributed by atoms with E-state index in [0.717, 1.165) is 10.8 Å². The number of benzene rings is 1. The molecule has 1 aliphatic heterocycles. The molecule has 0 radical (unpaired) electrons. The summed E-state index contributed by atoms with van der Waals surface area (Å²) in [5.41, 5.74) is 0.422. The summed E-state index contributed by atoms with van der Waals surface area (Å²) in [4.78, 5) is 27.7. The van der Waals surface area contributed by atoms with Crippen LogP contribution in [0.25, 0.3) is 11.0 Å². The number of rotatable bonds is 6. The van der Waals surface area contributed by atoms with Crippen LogP contribution in [-0.4, -0.2) is 65.7 Å². The predicted molar refractivity (Wildman–Crippen MR) is 118 cm³/mol. The number of pyridine rings is 1. The molecular formula is C20H22N4O7S2. The predicted octanol–water partition coefficient (Wildman–Crippen LogP) is 0.712. The van der Waals surface area contributed by atoms with E-state index in [1.54, 1.807) is 6.07 Å². The van der Waals surface area contributed by atoms with Crippen LogP contribution in [0.15, 0.2) is 57.3 Å². The van der Waals surface area contributed by atoms with Gasteiger partial charge in [-0.25, -0.2) is 21.6 Å². The van der Waals surface area contributed by atoms with Crippen molar-refractivity contribution in [2.45, 2.75) is 35.2 Å². The molecule has 13 heteroatoms. The lowest BCUT2D eigenvalue weighted by Gasteiger charge is -2.32. The highest BCUT2D eigenvalue weighted by atomic mass is 32.2. The number of aliphatic carboxylic acids is 1. The van der Waals surface area contributed by atoms with Crippen molar-refractivity contribution in [2.24, 2.45) is 0 Å². The maximum Gasteiger partial charge on any atom is 0.329 e. The summed E-state index contributed by atoms with van der Waals surface area (Å²) in [5, 5.41) is 9.18. The van der Waals surface area contributed by atoms with E-state index in [0.29, 0.717) is 23.9 Å². The second kappa shape index (κ2) is 8.39. The molecule has 0 atom stereocenters. The van der Waals surface area contributed by atoms with Gasteiger partial charge < -0.3 is 5.11 Å². The minimum atomic E-state index is -4.07. The summed E-state index contributed by atoms with van der Waals surface area (Å²) in [6, 6.07) is 6.75. The van der Waals surface area contributed by atoms with Crippen molar-refractivity contribution in [3.05, 3.63) is 53.2 Å². The molecule has 3 heterocycles. The van der Waals surface area contributed by atoms with Crippen molar-refractivity contribution in [1.82, 2.24) is 18.4 Å². The summed E-state index contributed by atoms with van der Waals surface area (Å²) in [7, 11) is -7.83. The number of piperidine rings is 1. The number of carbonyl (C=O) groups is 1. The Morgan fingerprint density at radius 3 is 2.30 bits per heavy atom. The largest absolute Gasteiger partial charge is 0.480 e. The van der Waals surface area contributed by atoms with Crippen LogP contribution in [-0.2, 0) is 31.2 Å². The second-order valence-electron chi connectivity index (χ2n) is 7.85. The molecule has 3 aromatic rings. The molecule has 2 aromatic heterocycles. The number of sulfonamides is 1. The van der Waals surface area contributed by atoms with E-state index in [4.69, 9.17) is 0 Å². The molecule has 0 spiro atoms. The maximum atomic E-state index is 13.2. The van der Waals surface area contributed by atoms with Crippen LogP contribution in [0.4, 0.5) is 0 Å². The van der Waals surface area contributed by atoms with Crippen LogP contribution in [0.5, 0.6) is 0 Å². The molecule has 0 unspecified atom stereocenters. The first kappa shape index (κ1) is 23.1. The maximum absolute atomic E-state index is 13.2. The van der Waals surface area contributed by atoms with Gasteiger partial charge in [-0.15, -0.1) is 0 Å². The van der Waals surface area contributed by atoms with E-state index in [1.165, 1.54) is 45.5 Å². The van der Waals surface area contributed by atoms with E-state index in [2.05, 4.69) is 4.98 Å². The molecule has 0 aliphatic carbocycles. The van der Waals surface area contributed by atoms with E-state index < -0.39 is 38.1 Å². The van der Waals surface area contributed by atoms with Crippen molar-refractivity contribution in [1.29, 1.82) is 0 Å². The Labute approximate surface area is 189 Å². The van der Waals surface area contributed by atoms with Crippen LogP contribution < -0.4 is 5.69 Å². The van der Waals surface area contributed by atoms with Crippen LogP contribution >= 0.6 is 0 Å². The van der Waals surface area contributed by atoms with Crippen LogP contribution in [0.1, 0.15) is 18.9 Å². The summed E-state index contributed by atoms with van der Waals surface area (Å²) < 4.78 is 54.5. The standard InChI is InChI=1S/C20H22N4O7S2/c1-32(28,29)17-4-2-3-5-18(17)33(30,31)22-10-7-14(8-11-22)24-15-6-9-21-12-16(15)23(20(24)27)13-19(25)26/h2-6,9,12,14H,7-8,10-11,13H2,1H3,(H,25,26). The lowest BCUT2D eigenvalue weighted by atomic mass is 10.1. The van der Waals surface area contributed by atoms with E-state index >= 15 is 0 Å². The van der Waals surface area contributed by atoms with Gasteiger partial charge in [0.1, 0.15) is 11.4 Å². The van der Waals surface area contributed by atoms with Gasteiger partial charge in [0.2, 0.25) is 10.0 Å². The summed E-state index contributed by atoms with van der Waals surface area (Å²) in [6.45, 7) is -0.355. The van der Waals surface area contributed by atoms with E-state index in [1.807, 2.05) is 0 Å². The van der Waals surface area contributed by atoms with Crippen molar-refractivity contribution in [3.63, 3.8) is 0 Å². The highest BCUT2D eigenvalue weighted by Gasteiger charge is 2.34. The van der Waals surface area contributed by atoms with Crippen LogP contribution in [0.2, 0.25) is 0 Å². The highest BCUT2D eigenvalue weighted by molar-refractivity contribution is 7.93. The third-order valence-electron chi connectivity index (χ3n) is 5.71. The molecule has 1 saturated heterocycles. The number of nitrogens with zero attached hydrogens (tertiary/aromatic N) is 4. The summed E-state index contributed by atoms with van der Waals surface area (Å²) in [6.07, 6.45) is 4.49. The zero-order valence-corrected chi connectivity index (χ0v) is 19.3. The number of fused-ring (bicyclic) bond motifs is 1. The molecule has 0 amide bonds. The fraction of sp³-hybridized carbons (Fsp3) is 0.350. The number of carboxylic acid groups (broad SMARTS) is 1. The minimum Gasteiger partial charge on any atom is -0.480 e. The SMILES string of the molecule is CS(=O)(=O)c1ccccc1S(=O)(=O)N1CCC(n2c(=O)n(CC(=O)O)c3cnccc32)CC1. The van der Waals surface area contributed by atoms with Gasteiger partial charge in [0.05, 0.1) is 22.1 Å². The Hall–Kier alpha value is -3.03. The molecule has 11 nitrogen and oxygen atoms in total. The Morgan fingerprint density at radius 1 is 1.06 bits per heavy atom. The van der Waals surface area contributed by atoms with Crippen molar-refractivity contribution < 1.29 is 26.7 Å². The molecule has 176 valence electrons. The number of carboxylic acids is 1. The fourth-order valence-corrected chi connectivity index (χ4v) is 7.29. The van der Waals surface area contributed by atoms with Gasteiger partial charge >= 0.3 is 11.7 Å². The molecule has 1 N–H and O–H groups in total. The molecule has 4 rings (SSSR count). The van der Waals surface area contributed by atoms with Crippen molar-refractivity contribution in [2.75, 3.05) is 19.3 Å². The molecule has 0 bridgehead atoms. The number of hydrogen-bond acceptors (Lipinski definition) is 7. The van der Waals surface area contributed by atoms with Gasteiger partial charge in [-0.1, -0.05) is 12.1 Å². The number of imidazole rings is 1. The zero-order valence-electron chi connectivity index (χ0n) is 17.7. The smallest absolute Gasteiger partial charge is 0.329 e. The minimum absolute atomic E-state index is 0.0776. The van der Waals surface area contributed by atoms with Gasteiger partial charge in [-0.2, -0.15) is 4.31 Å². The molecule has 1 aliphatic rings. The van der Waals surface area contributed by atoms with Gasteiger partial charge in [-0.3, -0.25) is 18.9 Å². The third kappa shape index (κ3) is 4.18. The second-order valence-corrected chi connectivity index (χ2v) is 11.7. The van der Waals surface area contributed by atoms with Gasteiger partial charge in [0, 0.05) is 31.6 Å². The summed E-state index contributed by atoms with van der Waals surface area (Å²) >= 11 is 0. The van der Waals surface area contributed by atoms with E-state index in [-0.39, 0.29) is 28.9 Å².